The molecule has 1 aromatic heterocycles. The lowest BCUT2D eigenvalue weighted by molar-refractivity contribution is -0.0627. The highest BCUT2D eigenvalue weighted by Gasteiger charge is 2.29. The molecule has 0 spiro atoms. The molecule has 0 aromatic carbocycles. The highest BCUT2D eigenvalue weighted by atomic mass is 16.5. The van der Waals surface area contributed by atoms with E-state index < -0.39 is 0 Å². The Balaban J connectivity index is 2.11. The molecule has 2 heterocycles. The summed E-state index contributed by atoms with van der Waals surface area (Å²) in [6.07, 6.45) is 3.16. The first-order valence-corrected chi connectivity index (χ1v) is 5.73. The van der Waals surface area contributed by atoms with Gasteiger partial charge in [-0.25, -0.2) is 4.98 Å². The smallest absolute Gasteiger partial charge is 0.272 e. The minimum absolute atomic E-state index is 0.0152. The van der Waals surface area contributed by atoms with Crippen LogP contribution >= 0.6 is 0 Å². The molecule has 1 aromatic rings. The monoisotopic (exact) mass is 238 g/mol. The number of imidazole rings is 1. The molecule has 2 atom stereocenters. The lowest BCUT2D eigenvalue weighted by Crippen LogP contribution is -2.51. The van der Waals surface area contributed by atoms with Gasteiger partial charge in [-0.2, -0.15) is 0 Å². The topological polar surface area (TPSA) is 73.4 Å². The lowest BCUT2D eigenvalue weighted by atomic mass is 10.2. The number of hydrogen-bond donors (Lipinski definition) is 1. The van der Waals surface area contributed by atoms with E-state index in [1.165, 1.54) is 0 Å². The highest BCUT2D eigenvalue weighted by molar-refractivity contribution is 5.92. The molecule has 0 bridgehead atoms. The molecule has 0 radical (unpaired) electrons. The van der Waals surface area contributed by atoms with Gasteiger partial charge >= 0.3 is 0 Å². The lowest BCUT2D eigenvalue weighted by Gasteiger charge is -2.36. The van der Waals surface area contributed by atoms with Gasteiger partial charge in [0.1, 0.15) is 5.69 Å². The van der Waals surface area contributed by atoms with Gasteiger partial charge in [-0.05, 0) is 6.92 Å². The first-order valence-electron chi connectivity index (χ1n) is 5.73. The van der Waals surface area contributed by atoms with E-state index in [0.29, 0.717) is 25.3 Å². The van der Waals surface area contributed by atoms with Crippen molar-refractivity contribution in [2.45, 2.75) is 19.1 Å². The molecule has 1 fully saturated rings. The summed E-state index contributed by atoms with van der Waals surface area (Å²) < 4.78 is 7.34. The number of aromatic nitrogens is 2. The number of aryl methyl sites for hydroxylation is 1. The summed E-state index contributed by atoms with van der Waals surface area (Å²) in [5.41, 5.74) is 6.19. The largest absolute Gasteiger partial charge is 0.370 e. The number of carbonyl (C=O) groups is 1. The Bertz CT molecular complexity index is 404. The van der Waals surface area contributed by atoms with Crippen LogP contribution in [0, 0.1) is 0 Å². The molecule has 2 unspecified atom stereocenters. The Kier molecular flexibility index (Phi) is 3.44. The van der Waals surface area contributed by atoms with Crippen LogP contribution in [0.5, 0.6) is 0 Å². The summed E-state index contributed by atoms with van der Waals surface area (Å²) in [6.45, 7) is 3.52. The number of hydrogen-bond acceptors (Lipinski definition) is 4. The number of amides is 1. The first-order chi connectivity index (χ1) is 8.11. The summed E-state index contributed by atoms with van der Waals surface area (Å²) in [5, 5.41) is 0. The predicted octanol–water partition coefficient (Wildman–Crippen LogP) is -0.392. The third-order valence-electron chi connectivity index (χ3n) is 2.91. The molecule has 6 heteroatoms. The predicted molar refractivity (Wildman–Crippen MR) is 62.5 cm³/mol. The van der Waals surface area contributed by atoms with Crippen LogP contribution in [0.4, 0.5) is 0 Å². The van der Waals surface area contributed by atoms with Crippen molar-refractivity contribution in [2.75, 3.05) is 19.6 Å². The van der Waals surface area contributed by atoms with Crippen LogP contribution in [0.3, 0.4) is 0 Å². The number of carbonyl (C=O) groups excluding carboxylic acids is 1. The molecule has 1 aliphatic heterocycles. The maximum atomic E-state index is 12.3. The van der Waals surface area contributed by atoms with Crippen LogP contribution in [0.2, 0.25) is 0 Å². The van der Waals surface area contributed by atoms with E-state index in [-0.39, 0.29) is 18.1 Å². The maximum absolute atomic E-state index is 12.3. The minimum Gasteiger partial charge on any atom is -0.370 e. The molecule has 1 aliphatic rings. The summed E-state index contributed by atoms with van der Waals surface area (Å²) in [5.74, 6) is -0.0152. The Morgan fingerprint density at radius 2 is 2.41 bits per heavy atom. The molecule has 2 N–H and O–H groups in total. The number of nitrogens with zero attached hydrogens (tertiary/aromatic N) is 3. The summed E-state index contributed by atoms with van der Waals surface area (Å²) in [7, 11) is 1.81. The molecule has 6 nitrogen and oxygen atoms in total. The van der Waals surface area contributed by atoms with Crippen molar-refractivity contribution in [3.8, 4) is 0 Å². The van der Waals surface area contributed by atoms with Crippen molar-refractivity contribution < 1.29 is 9.53 Å². The quantitative estimate of drug-likeness (QED) is 0.761. The zero-order valence-corrected chi connectivity index (χ0v) is 10.2. The van der Waals surface area contributed by atoms with Gasteiger partial charge in [0.15, 0.2) is 0 Å². The van der Waals surface area contributed by atoms with Gasteiger partial charge in [0.25, 0.3) is 5.91 Å². The molecular weight excluding hydrogens is 220 g/mol. The van der Waals surface area contributed by atoms with Crippen LogP contribution in [0.25, 0.3) is 0 Å². The van der Waals surface area contributed by atoms with E-state index in [0.717, 1.165) is 0 Å². The van der Waals surface area contributed by atoms with Crippen LogP contribution in [0.15, 0.2) is 12.5 Å². The average molecular weight is 238 g/mol. The van der Waals surface area contributed by atoms with Crippen LogP contribution in [-0.4, -0.2) is 52.2 Å². The molecule has 17 heavy (non-hydrogen) atoms. The molecule has 1 saturated heterocycles. The summed E-state index contributed by atoms with van der Waals surface area (Å²) in [6, 6.07) is 0. The molecular formula is C11H18N4O2. The van der Waals surface area contributed by atoms with E-state index >= 15 is 0 Å². The number of morpholine rings is 1. The van der Waals surface area contributed by atoms with Gasteiger partial charge in [-0.1, -0.05) is 0 Å². The number of rotatable bonds is 2. The average Bonchev–Trinajstić information content (AvgIpc) is 2.73. The van der Waals surface area contributed by atoms with Crippen molar-refractivity contribution in [3.05, 3.63) is 18.2 Å². The fraction of sp³-hybridized carbons (Fsp3) is 0.636. The molecule has 0 aliphatic carbocycles. The van der Waals surface area contributed by atoms with Gasteiger partial charge in [0.05, 0.1) is 24.7 Å². The van der Waals surface area contributed by atoms with E-state index in [1.54, 1.807) is 22.0 Å². The van der Waals surface area contributed by atoms with Crippen molar-refractivity contribution in [3.63, 3.8) is 0 Å². The Labute approximate surface area is 100 Å². The molecule has 2 rings (SSSR count). The van der Waals surface area contributed by atoms with Crippen molar-refractivity contribution in [1.29, 1.82) is 0 Å². The maximum Gasteiger partial charge on any atom is 0.272 e. The minimum atomic E-state index is -0.0732. The summed E-state index contributed by atoms with van der Waals surface area (Å²) >= 11 is 0. The summed E-state index contributed by atoms with van der Waals surface area (Å²) in [4.78, 5) is 18.0. The standard InChI is InChI=1S/C11H18N4O2/c1-8-5-15(6-9(3-12)17-8)11(16)10-4-13-7-14(10)2/h4,7-9H,3,5-6,12H2,1-2H3. The fourth-order valence-electron chi connectivity index (χ4n) is 2.07. The number of ether oxygens (including phenoxy) is 1. The second-order valence-electron chi connectivity index (χ2n) is 4.40. The Morgan fingerprint density at radius 3 is 3.00 bits per heavy atom. The van der Waals surface area contributed by atoms with Crippen molar-refractivity contribution in [1.82, 2.24) is 14.5 Å². The molecule has 0 saturated carbocycles. The second kappa shape index (κ2) is 4.85. The van der Waals surface area contributed by atoms with E-state index in [9.17, 15) is 4.79 Å². The zero-order valence-electron chi connectivity index (χ0n) is 10.2. The third kappa shape index (κ3) is 2.48. The van der Waals surface area contributed by atoms with Crippen LogP contribution in [-0.2, 0) is 11.8 Å². The Hall–Kier alpha value is -1.40. The normalized spacial score (nSPS) is 25.0. The van der Waals surface area contributed by atoms with E-state index in [2.05, 4.69) is 4.98 Å². The van der Waals surface area contributed by atoms with E-state index in [1.807, 2.05) is 14.0 Å². The van der Waals surface area contributed by atoms with Crippen LogP contribution < -0.4 is 5.73 Å². The van der Waals surface area contributed by atoms with Gasteiger partial charge < -0.3 is 19.9 Å². The highest BCUT2D eigenvalue weighted by Crippen LogP contribution is 2.13. The van der Waals surface area contributed by atoms with E-state index in [4.69, 9.17) is 10.5 Å². The SMILES string of the molecule is CC1CN(C(=O)c2cncn2C)CC(CN)O1. The van der Waals surface area contributed by atoms with Crippen molar-refractivity contribution >= 4 is 5.91 Å². The second-order valence-corrected chi connectivity index (χ2v) is 4.40. The number of nitrogens with two attached hydrogens (primary N) is 1. The molecule has 94 valence electrons. The third-order valence-corrected chi connectivity index (χ3v) is 2.91. The van der Waals surface area contributed by atoms with Crippen LogP contribution in [0.1, 0.15) is 17.4 Å². The van der Waals surface area contributed by atoms with Gasteiger partial charge in [0.2, 0.25) is 0 Å². The fourth-order valence-corrected chi connectivity index (χ4v) is 2.07. The first kappa shape index (κ1) is 12.1. The molecule has 1 amide bonds. The Morgan fingerprint density at radius 1 is 1.65 bits per heavy atom. The van der Waals surface area contributed by atoms with Gasteiger partial charge in [0, 0.05) is 26.7 Å². The van der Waals surface area contributed by atoms with Crippen molar-refractivity contribution in [2.24, 2.45) is 12.8 Å². The zero-order chi connectivity index (χ0) is 12.4. The van der Waals surface area contributed by atoms with Gasteiger partial charge in [-0.3, -0.25) is 4.79 Å². The van der Waals surface area contributed by atoms with Gasteiger partial charge in [-0.15, -0.1) is 0 Å².